The van der Waals surface area contributed by atoms with E-state index in [0.717, 1.165) is 32.2 Å². The van der Waals surface area contributed by atoms with E-state index < -0.39 is 0 Å². The van der Waals surface area contributed by atoms with Gasteiger partial charge >= 0.3 is 0 Å². The molecule has 1 fully saturated rings. The minimum Gasteiger partial charge on any atom is -0.348 e. The van der Waals surface area contributed by atoms with Gasteiger partial charge in [0.25, 0.3) is 5.91 Å². The maximum atomic E-state index is 11.9. The average molecular weight is 250 g/mol. The number of aromatic nitrogens is 2. The quantitative estimate of drug-likeness (QED) is 0.840. The monoisotopic (exact) mass is 250 g/mol. The Balaban J connectivity index is 1.79. The van der Waals surface area contributed by atoms with Crippen LogP contribution in [-0.4, -0.2) is 34.3 Å². The Labute approximate surface area is 108 Å². The van der Waals surface area contributed by atoms with Gasteiger partial charge in [-0.1, -0.05) is 6.92 Å². The molecule has 1 aromatic rings. The second-order valence-electron chi connectivity index (χ2n) is 4.95. The molecular formula is C13H22N4O. The third-order valence-corrected chi connectivity index (χ3v) is 3.50. The molecule has 1 amide bonds. The van der Waals surface area contributed by atoms with Gasteiger partial charge in [0.15, 0.2) is 0 Å². The Bertz CT molecular complexity index is 393. The van der Waals surface area contributed by atoms with E-state index >= 15 is 0 Å². The smallest absolute Gasteiger partial charge is 0.271 e. The van der Waals surface area contributed by atoms with Crippen molar-refractivity contribution in [3.05, 3.63) is 18.0 Å². The first-order chi connectivity index (χ1) is 8.69. The summed E-state index contributed by atoms with van der Waals surface area (Å²) in [4.78, 5) is 11.9. The summed E-state index contributed by atoms with van der Waals surface area (Å²) >= 11 is 0. The standard InChI is InChI=1S/C13H22N4O/c1-3-14-10-4-6-11(7-5-10)15-13(18)12-8-9-17(2)16-12/h8-11,14H,3-7H2,1-2H3,(H,15,18). The number of hydrogen-bond acceptors (Lipinski definition) is 3. The Morgan fingerprint density at radius 3 is 2.61 bits per heavy atom. The Kier molecular flexibility index (Phi) is 4.36. The number of amides is 1. The van der Waals surface area contributed by atoms with Crippen LogP contribution in [0.15, 0.2) is 12.3 Å². The molecule has 0 aliphatic heterocycles. The number of rotatable bonds is 4. The molecule has 18 heavy (non-hydrogen) atoms. The number of hydrogen-bond donors (Lipinski definition) is 2. The van der Waals surface area contributed by atoms with E-state index in [4.69, 9.17) is 0 Å². The summed E-state index contributed by atoms with van der Waals surface area (Å²) in [5, 5.41) is 10.6. The van der Waals surface area contributed by atoms with E-state index in [9.17, 15) is 4.79 Å². The number of nitrogens with zero attached hydrogens (tertiary/aromatic N) is 2. The van der Waals surface area contributed by atoms with Crippen LogP contribution < -0.4 is 10.6 Å². The molecule has 1 saturated carbocycles. The molecule has 0 bridgehead atoms. The van der Waals surface area contributed by atoms with Crippen molar-refractivity contribution < 1.29 is 4.79 Å². The summed E-state index contributed by atoms with van der Waals surface area (Å²) in [6, 6.07) is 2.67. The molecule has 0 aromatic carbocycles. The number of nitrogens with one attached hydrogen (secondary N) is 2. The summed E-state index contributed by atoms with van der Waals surface area (Å²) in [7, 11) is 1.82. The highest BCUT2D eigenvalue weighted by Crippen LogP contribution is 2.18. The van der Waals surface area contributed by atoms with Crippen LogP contribution in [-0.2, 0) is 7.05 Å². The van der Waals surface area contributed by atoms with Crippen LogP contribution in [0.1, 0.15) is 43.1 Å². The zero-order valence-corrected chi connectivity index (χ0v) is 11.1. The van der Waals surface area contributed by atoms with Crippen molar-refractivity contribution in [2.24, 2.45) is 7.05 Å². The van der Waals surface area contributed by atoms with Crippen molar-refractivity contribution in [2.45, 2.75) is 44.7 Å². The first-order valence-corrected chi connectivity index (χ1v) is 6.73. The Hall–Kier alpha value is -1.36. The van der Waals surface area contributed by atoms with Crippen LogP contribution >= 0.6 is 0 Å². The van der Waals surface area contributed by atoms with Gasteiger partial charge in [-0.15, -0.1) is 0 Å². The maximum absolute atomic E-state index is 11.9. The SMILES string of the molecule is CCNC1CCC(NC(=O)c2ccn(C)n2)CC1. The lowest BCUT2D eigenvalue weighted by molar-refractivity contribution is 0.0918. The second kappa shape index (κ2) is 6.00. The highest BCUT2D eigenvalue weighted by molar-refractivity contribution is 5.92. The molecule has 5 nitrogen and oxygen atoms in total. The number of carbonyl (C=O) groups excluding carboxylic acids is 1. The van der Waals surface area contributed by atoms with Crippen molar-refractivity contribution in [3.63, 3.8) is 0 Å². The lowest BCUT2D eigenvalue weighted by Gasteiger charge is -2.29. The van der Waals surface area contributed by atoms with Gasteiger partial charge in [0.1, 0.15) is 5.69 Å². The molecule has 0 spiro atoms. The second-order valence-corrected chi connectivity index (χ2v) is 4.95. The van der Waals surface area contributed by atoms with Gasteiger partial charge in [0, 0.05) is 25.3 Å². The predicted octanol–water partition coefficient (Wildman–Crippen LogP) is 1.07. The van der Waals surface area contributed by atoms with Crippen molar-refractivity contribution in [3.8, 4) is 0 Å². The van der Waals surface area contributed by atoms with Gasteiger partial charge in [-0.3, -0.25) is 9.48 Å². The fraction of sp³-hybridized carbons (Fsp3) is 0.692. The summed E-state index contributed by atoms with van der Waals surface area (Å²) in [5.74, 6) is -0.0532. The molecule has 5 heteroatoms. The third-order valence-electron chi connectivity index (χ3n) is 3.50. The molecular weight excluding hydrogens is 228 g/mol. The fourth-order valence-electron chi connectivity index (χ4n) is 2.53. The van der Waals surface area contributed by atoms with Crippen molar-refractivity contribution in [2.75, 3.05) is 6.54 Å². The molecule has 2 N–H and O–H groups in total. The molecule has 2 rings (SSSR count). The van der Waals surface area contributed by atoms with Crippen molar-refractivity contribution in [1.29, 1.82) is 0 Å². The highest BCUT2D eigenvalue weighted by atomic mass is 16.2. The first-order valence-electron chi connectivity index (χ1n) is 6.73. The summed E-state index contributed by atoms with van der Waals surface area (Å²) in [6.45, 7) is 3.16. The van der Waals surface area contributed by atoms with E-state index in [1.165, 1.54) is 0 Å². The summed E-state index contributed by atoms with van der Waals surface area (Å²) in [5.41, 5.74) is 0.506. The van der Waals surface area contributed by atoms with Gasteiger partial charge in [-0.2, -0.15) is 5.10 Å². The molecule has 1 aromatic heterocycles. The zero-order chi connectivity index (χ0) is 13.0. The minimum atomic E-state index is -0.0532. The fourth-order valence-corrected chi connectivity index (χ4v) is 2.53. The maximum Gasteiger partial charge on any atom is 0.271 e. The predicted molar refractivity (Wildman–Crippen MR) is 70.4 cm³/mol. The van der Waals surface area contributed by atoms with Crippen LogP contribution in [0.4, 0.5) is 0 Å². The van der Waals surface area contributed by atoms with E-state index in [2.05, 4.69) is 22.7 Å². The van der Waals surface area contributed by atoms with Crippen molar-refractivity contribution >= 4 is 5.91 Å². The normalized spacial score (nSPS) is 23.9. The first kappa shape index (κ1) is 13.1. The minimum absolute atomic E-state index is 0.0532. The molecule has 1 aliphatic carbocycles. The largest absolute Gasteiger partial charge is 0.348 e. The molecule has 0 atom stereocenters. The van der Waals surface area contributed by atoms with E-state index in [-0.39, 0.29) is 5.91 Å². The molecule has 100 valence electrons. The molecule has 1 aliphatic rings. The summed E-state index contributed by atoms with van der Waals surface area (Å²) in [6.07, 6.45) is 6.17. The highest BCUT2D eigenvalue weighted by Gasteiger charge is 2.22. The molecule has 1 heterocycles. The molecule has 0 radical (unpaired) electrons. The topological polar surface area (TPSA) is 58.9 Å². The third kappa shape index (κ3) is 3.32. The van der Waals surface area contributed by atoms with Crippen LogP contribution in [0.5, 0.6) is 0 Å². The number of carbonyl (C=O) groups is 1. The molecule has 0 saturated heterocycles. The Morgan fingerprint density at radius 1 is 1.39 bits per heavy atom. The van der Waals surface area contributed by atoms with Gasteiger partial charge in [0.2, 0.25) is 0 Å². The Morgan fingerprint density at radius 2 is 2.06 bits per heavy atom. The van der Waals surface area contributed by atoms with Gasteiger partial charge in [0.05, 0.1) is 0 Å². The lowest BCUT2D eigenvalue weighted by Crippen LogP contribution is -2.42. The zero-order valence-electron chi connectivity index (χ0n) is 11.1. The van der Waals surface area contributed by atoms with Gasteiger partial charge in [-0.05, 0) is 38.3 Å². The van der Waals surface area contributed by atoms with E-state index in [1.54, 1.807) is 16.9 Å². The molecule has 0 unspecified atom stereocenters. The van der Waals surface area contributed by atoms with Crippen LogP contribution in [0.3, 0.4) is 0 Å². The van der Waals surface area contributed by atoms with Gasteiger partial charge in [-0.25, -0.2) is 0 Å². The average Bonchev–Trinajstić information content (AvgIpc) is 2.79. The van der Waals surface area contributed by atoms with Crippen LogP contribution in [0, 0.1) is 0 Å². The van der Waals surface area contributed by atoms with Crippen LogP contribution in [0.25, 0.3) is 0 Å². The van der Waals surface area contributed by atoms with Gasteiger partial charge < -0.3 is 10.6 Å². The number of aryl methyl sites for hydroxylation is 1. The summed E-state index contributed by atoms with van der Waals surface area (Å²) < 4.78 is 1.65. The van der Waals surface area contributed by atoms with E-state index in [1.807, 2.05) is 7.05 Å². The lowest BCUT2D eigenvalue weighted by atomic mass is 9.91. The van der Waals surface area contributed by atoms with Crippen LogP contribution in [0.2, 0.25) is 0 Å². The van der Waals surface area contributed by atoms with Crippen molar-refractivity contribution in [1.82, 2.24) is 20.4 Å². The van der Waals surface area contributed by atoms with E-state index in [0.29, 0.717) is 17.8 Å².